The van der Waals surface area contributed by atoms with Crippen LogP contribution in [0.1, 0.15) is 31.0 Å². The number of hydrogen-bond donors (Lipinski definition) is 0. The standard InChI is InChI=1S/C15H16BrNO/c1-10(2)12-4-6-13(7-5-12)18-15-9-8-14(16)11(3)17-15/h4-10H,1-3H3. The molecule has 0 spiro atoms. The summed E-state index contributed by atoms with van der Waals surface area (Å²) in [7, 11) is 0. The van der Waals surface area contributed by atoms with Crippen molar-refractivity contribution >= 4 is 15.9 Å². The number of rotatable bonds is 3. The number of benzene rings is 1. The van der Waals surface area contributed by atoms with Crippen LogP contribution in [0.5, 0.6) is 11.6 Å². The highest BCUT2D eigenvalue weighted by molar-refractivity contribution is 9.10. The fraction of sp³-hybridized carbons (Fsp3) is 0.267. The van der Waals surface area contributed by atoms with Crippen molar-refractivity contribution < 1.29 is 4.74 Å². The van der Waals surface area contributed by atoms with E-state index in [1.807, 2.05) is 31.2 Å². The molecule has 0 saturated heterocycles. The summed E-state index contributed by atoms with van der Waals surface area (Å²) in [5.74, 6) is 1.97. The lowest BCUT2D eigenvalue weighted by molar-refractivity contribution is 0.461. The van der Waals surface area contributed by atoms with Crippen LogP contribution < -0.4 is 4.74 Å². The van der Waals surface area contributed by atoms with E-state index in [2.05, 4.69) is 46.9 Å². The molecule has 0 N–H and O–H groups in total. The largest absolute Gasteiger partial charge is 0.439 e. The highest BCUT2D eigenvalue weighted by Crippen LogP contribution is 2.24. The van der Waals surface area contributed by atoms with Gasteiger partial charge in [0.2, 0.25) is 5.88 Å². The predicted molar refractivity (Wildman–Crippen MR) is 77.3 cm³/mol. The quantitative estimate of drug-likeness (QED) is 0.790. The molecule has 2 aromatic rings. The zero-order chi connectivity index (χ0) is 13.1. The van der Waals surface area contributed by atoms with Gasteiger partial charge in [0.25, 0.3) is 0 Å². The van der Waals surface area contributed by atoms with Crippen LogP contribution in [-0.2, 0) is 0 Å². The van der Waals surface area contributed by atoms with Gasteiger partial charge < -0.3 is 4.74 Å². The van der Waals surface area contributed by atoms with Crippen molar-refractivity contribution in [2.24, 2.45) is 0 Å². The van der Waals surface area contributed by atoms with Crippen molar-refractivity contribution in [3.63, 3.8) is 0 Å². The maximum absolute atomic E-state index is 5.72. The third kappa shape index (κ3) is 3.10. The second-order valence-corrected chi connectivity index (χ2v) is 5.40. The van der Waals surface area contributed by atoms with Crippen LogP contribution in [0.2, 0.25) is 0 Å². The molecule has 0 radical (unpaired) electrons. The summed E-state index contributed by atoms with van der Waals surface area (Å²) in [5.41, 5.74) is 2.23. The summed E-state index contributed by atoms with van der Waals surface area (Å²) in [6.45, 7) is 6.30. The molecular formula is C15H16BrNO. The van der Waals surface area contributed by atoms with Crippen LogP contribution >= 0.6 is 15.9 Å². The molecule has 1 aromatic heterocycles. The summed E-state index contributed by atoms with van der Waals surface area (Å²) in [6.07, 6.45) is 0. The molecule has 2 rings (SSSR count). The molecular weight excluding hydrogens is 290 g/mol. The lowest BCUT2D eigenvalue weighted by Crippen LogP contribution is -1.91. The Morgan fingerprint density at radius 2 is 1.72 bits per heavy atom. The number of aryl methyl sites for hydroxylation is 1. The fourth-order valence-electron chi connectivity index (χ4n) is 1.62. The van der Waals surface area contributed by atoms with E-state index < -0.39 is 0 Å². The van der Waals surface area contributed by atoms with E-state index in [-0.39, 0.29) is 0 Å². The number of pyridine rings is 1. The van der Waals surface area contributed by atoms with Crippen LogP contribution in [0.25, 0.3) is 0 Å². The van der Waals surface area contributed by atoms with Crippen molar-refractivity contribution in [2.45, 2.75) is 26.7 Å². The first-order chi connectivity index (χ1) is 8.56. The van der Waals surface area contributed by atoms with Gasteiger partial charge in [-0.2, -0.15) is 0 Å². The molecule has 0 aliphatic carbocycles. The van der Waals surface area contributed by atoms with Crippen molar-refractivity contribution in [3.05, 3.63) is 52.1 Å². The molecule has 94 valence electrons. The minimum absolute atomic E-state index is 0.534. The van der Waals surface area contributed by atoms with Crippen LogP contribution in [0.15, 0.2) is 40.9 Å². The third-order valence-corrected chi connectivity index (χ3v) is 3.60. The molecule has 0 aliphatic heterocycles. The van der Waals surface area contributed by atoms with Gasteiger partial charge in [-0.1, -0.05) is 26.0 Å². The molecule has 0 fully saturated rings. The predicted octanol–water partition coefficient (Wildman–Crippen LogP) is 5.07. The number of ether oxygens (including phenoxy) is 1. The summed E-state index contributed by atoms with van der Waals surface area (Å²) in [5, 5.41) is 0. The van der Waals surface area contributed by atoms with Crippen LogP contribution in [0.4, 0.5) is 0 Å². The molecule has 3 heteroatoms. The minimum atomic E-state index is 0.534. The zero-order valence-electron chi connectivity index (χ0n) is 10.8. The molecule has 0 amide bonds. The Hall–Kier alpha value is -1.35. The van der Waals surface area contributed by atoms with E-state index in [0.29, 0.717) is 11.8 Å². The SMILES string of the molecule is Cc1nc(Oc2ccc(C(C)C)cc2)ccc1Br. The molecule has 0 atom stereocenters. The first-order valence-electron chi connectivity index (χ1n) is 5.97. The number of halogens is 1. The Morgan fingerprint density at radius 3 is 2.28 bits per heavy atom. The highest BCUT2D eigenvalue weighted by Gasteiger charge is 2.03. The van der Waals surface area contributed by atoms with Crippen LogP contribution in [0, 0.1) is 6.92 Å². The van der Waals surface area contributed by atoms with Gasteiger partial charge in [0.15, 0.2) is 0 Å². The normalized spacial score (nSPS) is 10.7. The van der Waals surface area contributed by atoms with E-state index in [1.54, 1.807) is 0 Å². The van der Waals surface area contributed by atoms with Gasteiger partial charge >= 0.3 is 0 Å². The number of hydrogen-bond acceptors (Lipinski definition) is 2. The highest BCUT2D eigenvalue weighted by atomic mass is 79.9. The van der Waals surface area contributed by atoms with E-state index in [0.717, 1.165) is 15.9 Å². The van der Waals surface area contributed by atoms with Gasteiger partial charge in [0.05, 0.1) is 5.69 Å². The molecule has 0 unspecified atom stereocenters. The lowest BCUT2D eigenvalue weighted by Gasteiger charge is -2.08. The van der Waals surface area contributed by atoms with E-state index in [9.17, 15) is 0 Å². The second-order valence-electron chi connectivity index (χ2n) is 4.54. The molecule has 1 heterocycles. The van der Waals surface area contributed by atoms with Gasteiger partial charge in [0, 0.05) is 10.5 Å². The molecule has 0 saturated carbocycles. The Morgan fingerprint density at radius 1 is 1.06 bits per heavy atom. The monoisotopic (exact) mass is 305 g/mol. The Bertz CT molecular complexity index is 535. The maximum atomic E-state index is 5.72. The average Bonchev–Trinajstić information content (AvgIpc) is 2.34. The van der Waals surface area contributed by atoms with Crippen LogP contribution in [-0.4, -0.2) is 4.98 Å². The molecule has 0 aliphatic rings. The van der Waals surface area contributed by atoms with Crippen LogP contribution in [0.3, 0.4) is 0 Å². The smallest absolute Gasteiger partial charge is 0.219 e. The molecule has 1 aromatic carbocycles. The Balaban J connectivity index is 2.15. The first-order valence-corrected chi connectivity index (χ1v) is 6.76. The van der Waals surface area contributed by atoms with Crippen molar-refractivity contribution in [1.29, 1.82) is 0 Å². The van der Waals surface area contributed by atoms with E-state index in [1.165, 1.54) is 5.56 Å². The zero-order valence-corrected chi connectivity index (χ0v) is 12.4. The lowest BCUT2D eigenvalue weighted by atomic mass is 10.0. The number of aromatic nitrogens is 1. The van der Waals surface area contributed by atoms with Crippen molar-refractivity contribution in [1.82, 2.24) is 4.98 Å². The first kappa shape index (κ1) is 13.1. The van der Waals surface area contributed by atoms with E-state index >= 15 is 0 Å². The number of nitrogens with zero attached hydrogens (tertiary/aromatic N) is 1. The summed E-state index contributed by atoms with van der Waals surface area (Å²) in [4.78, 5) is 4.36. The summed E-state index contributed by atoms with van der Waals surface area (Å²) < 4.78 is 6.71. The minimum Gasteiger partial charge on any atom is -0.439 e. The summed E-state index contributed by atoms with van der Waals surface area (Å²) in [6, 6.07) is 11.9. The van der Waals surface area contributed by atoms with Gasteiger partial charge in [-0.15, -0.1) is 0 Å². The van der Waals surface area contributed by atoms with Gasteiger partial charge in [-0.3, -0.25) is 0 Å². The molecule has 2 nitrogen and oxygen atoms in total. The van der Waals surface area contributed by atoms with E-state index in [4.69, 9.17) is 4.74 Å². The average molecular weight is 306 g/mol. The second kappa shape index (κ2) is 5.53. The maximum Gasteiger partial charge on any atom is 0.219 e. The Labute approximate surface area is 116 Å². The third-order valence-electron chi connectivity index (χ3n) is 2.76. The Kier molecular flexibility index (Phi) is 4.02. The van der Waals surface area contributed by atoms with Gasteiger partial charge in [-0.05, 0) is 52.5 Å². The molecule has 18 heavy (non-hydrogen) atoms. The van der Waals surface area contributed by atoms with Crippen molar-refractivity contribution in [2.75, 3.05) is 0 Å². The van der Waals surface area contributed by atoms with Gasteiger partial charge in [-0.25, -0.2) is 4.98 Å². The van der Waals surface area contributed by atoms with Gasteiger partial charge in [0.1, 0.15) is 5.75 Å². The fourth-order valence-corrected chi connectivity index (χ4v) is 1.84. The van der Waals surface area contributed by atoms with Crippen molar-refractivity contribution in [3.8, 4) is 11.6 Å². The molecule has 0 bridgehead atoms. The topological polar surface area (TPSA) is 22.1 Å². The summed E-state index contributed by atoms with van der Waals surface area (Å²) >= 11 is 3.42.